The van der Waals surface area contributed by atoms with Crippen LogP contribution in [0.1, 0.15) is 13.3 Å². The minimum atomic E-state index is -0.462. The molecule has 1 atom stereocenters. The molecule has 1 rings (SSSR count). The topological polar surface area (TPSA) is 76.4 Å². The van der Waals surface area contributed by atoms with Crippen LogP contribution in [0.2, 0.25) is 0 Å². The minimum Gasteiger partial charge on any atom is -0.381 e. The molecule has 6 nitrogen and oxygen atoms in total. The molecule has 0 aromatic rings. The summed E-state index contributed by atoms with van der Waals surface area (Å²) in [6, 6.07) is 0. The van der Waals surface area contributed by atoms with E-state index in [-0.39, 0.29) is 0 Å². The Balaban J connectivity index is 2.33. The summed E-state index contributed by atoms with van der Waals surface area (Å²) in [6.45, 7) is 4.81. The standard InChI is InChI=1S/C9H17N3O3/c1-2-10-9(6-12(13)14)11-5-8-3-4-15-7-8/h6,8,10-11H,2-5,7H2,1H3. The van der Waals surface area contributed by atoms with Crippen molar-refractivity contribution in [3.8, 4) is 0 Å². The molecule has 0 aromatic carbocycles. The zero-order chi connectivity index (χ0) is 11.1. The number of hydrogen-bond acceptors (Lipinski definition) is 5. The van der Waals surface area contributed by atoms with E-state index in [0.29, 0.717) is 24.8 Å². The van der Waals surface area contributed by atoms with E-state index in [2.05, 4.69) is 10.6 Å². The minimum absolute atomic E-state index is 0.457. The van der Waals surface area contributed by atoms with E-state index in [0.717, 1.165) is 25.8 Å². The molecule has 0 aromatic heterocycles. The van der Waals surface area contributed by atoms with Crippen molar-refractivity contribution in [3.05, 3.63) is 22.1 Å². The Kier molecular flexibility index (Phi) is 4.89. The fourth-order valence-electron chi connectivity index (χ4n) is 1.45. The lowest BCUT2D eigenvalue weighted by Gasteiger charge is -2.12. The highest BCUT2D eigenvalue weighted by Gasteiger charge is 2.15. The van der Waals surface area contributed by atoms with Gasteiger partial charge in [0, 0.05) is 25.6 Å². The van der Waals surface area contributed by atoms with Crippen molar-refractivity contribution in [2.24, 2.45) is 5.92 Å². The number of nitrogens with one attached hydrogen (secondary N) is 2. The molecular weight excluding hydrogens is 198 g/mol. The van der Waals surface area contributed by atoms with E-state index in [4.69, 9.17) is 4.74 Å². The summed E-state index contributed by atoms with van der Waals surface area (Å²) in [5.74, 6) is 0.924. The van der Waals surface area contributed by atoms with Gasteiger partial charge in [0.1, 0.15) is 0 Å². The first-order valence-corrected chi connectivity index (χ1v) is 5.13. The fraction of sp³-hybridized carbons (Fsp3) is 0.778. The van der Waals surface area contributed by atoms with Gasteiger partial charge in [-0.15, -0.1) is 0 Å². The predicted molar refractivity (Wildman–Crippen MR) is 55.7 cm³/mol. The van der Waals surface area contributed by atoms with E-state index in [1.807, 2.05) is 6.92 Å². The van der Waals surface area contributed by atoms with E-state index < -0.39 is 4.92 Å². The number of nitrogens with zero attached hydrogens (tertiary/aromatic N) is 1. The van der Waals surface area contributed by atoms with E-state index in [1.54, 1.807) is 0 Å². The molecule has 1 unspecified atom stereocenters. The zero-order valence-corrected chi connectivity index (χ0v) is 8.86. The van der Waals surface area contributed by atoms with Gasteiger partial charge in [-0.3, -0.25) is 10.1 Å². The highest BCUT2D eigenvalue weighted by molar-refractivity contribution is 4.92. The third kappa shape index (κ3) is 4.64. The van der Waals surface area contributed by atoms with Gasteiger partial charge in [0.05, 0.1) is 11.5 Å². The summed E-state index contributed by atoms with van der Waals surface area (Å²) in [5.41, 5.74) is 0. The number of nitro groups is 1. The molecule has 0 bridgehead atoms. The second kappa shape index (κ2) is 6.23. The van der Waals surface area contributed by atoms with Crippen LogP contribution in [0.3, 0.4) is 0 Å². The summed E-state index contributed by atoms with van der Waals surface area (Å²) in [5, 5.41) is 16.2. The Morgan fingerprint density at radius 1 is 1.67 bits per heavy atom. The Labute approximate surface area is 88.8 Å². The van der Waals surface area contributed by atoms with Gasteiger partial charge in [0.2, 0.25) is 0 Å². The maximum Gasteiger partial charge on any atom is 0.274 e. The fourth-order valence-corrected chi connectivity index (χ4v) is 1.45. The van der Waals surface area contributed by atoms with Crippen molar-refractivity contribution < 1.29 is 9.66 Å². The highest BCUT2D eigenvalue weighted by Crippen LogP contribution is 2.10. The van der Waals surface area contributed by atoms with Crippen LogP contribution in [0, 0.1) is 16.0 Å². The normalized spacial score (nSPS) is 21.4. The number of hydrogen-bond donors (Lipinski definition) is 2. The third-order valence-corrected chi connectivity index (χ3v) is 2.21. The monoisotopic (exact) mass is 215 g/mol. The van der Waals surface area contributed by atoms with Gasteiger partial charge < -0.3 is 15.4 Å². The second-order valence-electron chi connectivity index (χ2n) is 3.47. The zero-order valence-electron chi connectivity index (χ0n) is 8.86. The molecule has 86 valence electrons. The second-order valence-corrected chi connectivity index (χ2v) is 3.47. The summed E-state index contributed by atoms with van der Waals surface area (Å²) in [7, 11) is 0. The van der Waals surface area contributed by atoms with Gasteiger partial charge in [0.25, 0.3) is 6.20 Å². The molecule has 15 heavy (non-hydrogen) atoms. The molecule has 2 N–H and O–H groups in total. The summed E-state index contributed by atoms with van der Waals surface area (Å²) >= 11 is 0. The molecule has 0 amide bonds. The average Bonchev–Trinajstić information content (AvgIpc) is 2.66. The van der Waals surface area contributed by atoms with Crippen LogP contribution in [0.4, 0.5) is 0 Å². The Morgan fingerprint density at radius 3 is 3.00 bits per heavy atom. The lowest BCUT2D eigenvalue weighted by atomic mass is 10.1. The van der Waals surface area contributed by atoms with Crippen molar-refractivity contribution in [2.45, 2.75) is 13.3 Å². The van der Waals surface area contributed by atoms with Gasteiger partial charge in [-0.2, -0.15) is 0 Å². The van der Waals surface area contributed by atoms with E-state index in [1.165, 1.54) is 0 Å². The average molecular weight is 215 g/mol. The summed E-state index contributed by atoms with van der Waals surface area (Å²) in [6.07, 6.45) is 1.98. The molecule has 0 saturated carbocycles. The van der Waals surface area contributed by atoms with Crippen molar-refractivity contribution in [3.63, 3.8) is 0 Å². The highest BCUT2D eigenvalue weighted by atomic mass is 16.6. The van der Waals surface area contributed by atoms with Crippen molar-refractivity contribution in [2.75, 3.05) is 26.3 Å². The largest absolute Gasteiger partial charge is 0.381 e. The molecule has 1 fully saturated rings. The van der Waals surface area contributed by atoms with Crippen molar-refractivity contribution in [1.29, 1.82) is 0 Å². The van der Waals surface area contributed by atoms with Gasteiger partial charge >= 0.3 is 0 Å². The number of rotatable bonds is 6. The Morgan fingerprint density at radius 2 is 2.47 bits per heavy atom. The van der Waals surface area contributed by atoms with E-state index >= 15 is 0 Å². The first-order chi connectivity index (χ1) is 7.22. The van der Waals surface area contributed by atoms with Crippen LogP contribution < -0.4 is 10.6 Å². The summed E-state index contributed by atoms with van der Waals surface area (Å²) in [4.78, 5) is 9.84. The quantitative estimate of drug-likeness (QED) is 0.492. The Bertz CT molecular complexity index is 237. The first-order valence-electron chi connectivity index (χ1n) is 5.13. The molecule has 1 aliphatic heterocycles. The molecule has 0 aliphatic carbocycles. The molecular formula is C9H17N3O3. The van der Waals surface area contributed by atoms with Gasteiger partial charge in [0.15, 0.2) is 5.82 Å². The maximum atomic E-state index is 10.3. The van der Waals surface area contributed by atoms with E-state index in [9.17, 15) is 10.1 Å². The number of ether oxygens (including phenoxy) is 1. The molecule has 1 aliphatic rings. The smallest absolute Gasteiger partial charge is 0.274 e. The molecule has 1 heterocycles. The molecule has 6 heteroatoms. The first kappa shape index (κ1) is 11.8. The molecule has 0 spiro atoms. The van der Waals surface area contributed by atoms with Crippen LogP contribution >= 0.6 is 0 Å². The van der Waals surface area contributed by atoms with Gasteiger partial charge in [-0.1, -0.05) is 0 Å². The Hall–Kier alpha value is -1.30. The molecule has 1 saturated heterocycles. The van der Waals surface area contributed by atoms with Crippen LogP contribution in [0.15, 0.2) is 12.0 Å². The van der Waals surface area contributed by atoms with Crippen LogP contribution in [0.25, 0.3) is 0 Å². The predicted octanol–water partition coefficient (Wildman–Crippen LogP) is 0.298. The lowest BCUT2D eigenvalue weighted by Crippen LogP contribution is -2.31. The van der Waals surface area contributed by atoms with Crippen LogP contribution in [-0.2, 0) is 4.74 Å². The van der Waals surface area contributed by atoms with Crippen LogP contribution in [0.5, 0.6) is 0 Å². The molecule has 0 radical (unpaired) electrons. The van der Waals surface area contributed by atoms with Crippen molar-refractivity contribution in [1.82, 2.24) is 10.6 Å². The summed E-state index contributed by atoms with van der Waals surface area (Å²) < 4.78 is 5.22. The van der Waals surface area contributed by atoms with Crippen LogP contribution in [-0.4, -0.2) is 31.2 Å². The van der Waals surface area contributed by atoms with Gasteiger partial charge in [-0.25, -0.2) is 0 Å². The SMILES string of the molecule is CCNC(=C[N+](=O)[O-])NCC1CCOC1. The third-order valence-electron chi connectivity index (χ3n) is 2.21. The van der Waals surface area contributed by atoms with Crippen molar-refractivity contribution >= 4 is 0 Å². The lowest BCUT2D eigenvalue weighted by molar-refractivity contribution is -0.404. The maximum absolute atomic E-state index is 10.3. The van der Waals surface area contributed by atoms with Gasteiger partial charge in [-0.05, 0) is 13.3 Å².